The lowest BCUT2D eigenvalue weighted by molar-refractivity contribution is 0.0218. The van der Waals surface area contributed by atoms with Crippen LogP contribution in [-0.4, -0.2) is 49.9 Å². The van der Waals surface area contributed by atoms with Gasteiger partial charge in [-0.15, -0.1) is 0 Å². The number of nitrogens with one attached hydrogen (secondary N) is 1. The molecule has 0 saturated carbocycles. The van der Waals surface area contributed by atoms with E-state index in [2.05, 4.69) is 20.7 Å². The maximum atomic E-state index is 14.4. The van der Waals surface area contributed by atoms with Gasteiger partial charge >= 0.3 is 6.09 Å². The third kappa shape index (κ3) is 5.65. The van der Waals surface area contributed by atoms with E-state index in [4.69, 9.17) is 4.74 Å². The van der Waals surface area contributed by atoms with Crippen LogP contribution in [-0.2, 0) is 21.2 Å². The maximum absolute atomic E-state index is 14.4. The van der Waals surface area contributed by atoms with Crippen LogP contribution in [0.1, 0.15) is 32.8 Å². The van der Waals surface area contributed by atoms with E-state index in [-0.39, 0.29) is 6.42 Å². The molecule has 6 nitrogen and oxygen atoms in total. The number of nitrogens with zero attached hydrogens (tertiary/aromatic N) is 1. The molecule has 1 saturated heterocycles. The van der Waals surface area contributed by atoms with Crippen LogP contribution in [0.4, 0.5) is 9.18 Å². The Labute approximate surface area is 162 Å². The Balaban J connectivity index is 2.30. The zero-order valence-electron chi connectivity index (χ0n) is 15.3. The third-order valence-electron chi connectivity index (χ3n) is 4.00. The van der Waals surface area contributed by atoms with Gasteiger partial charge in [-0.3, -0.25) is 0 Å². The number of likely N-dealkylation sites (tertiary alicyclic amines) is 1. The van der Waals surface area contributed by atoms with Crippen LogP contribution in [0.15, 0.2) is 22.7 Å². The Bertz CT molecular complexity index is 779. The van der Waals surface area contributed by atoms with E-state index in [1.165, 1.54) is 4.90 Å². The standard InChI is InChI=1S/C17H24BrFN2O4S/c1-17(2,3)25-16(22)21-9-8-13(20-26(4,23)24)14(21)10-11-6-5-7-12(18)15(11)19/h5-7,13-14,20H,8-10H2,1-4H3. The number of hydrogen-bond donors (Lipinski definition) is 1. The predicted molar refractivity (Wildman–Crippen MR) is 101 cm³/mol. The molecule has 0 radical (unpaired) electrons. The van der Waals surface area contributed by atoms with E-state index >= 15 is 0 Å². The van der Waals surface area contributed by atoms with Crippen molar-refractivity contribution in [3.63, 3.8) is 0 Å². The summed E-state index contributed by atoms with van der Waals surface area (Å²) in [6.07, 6.45) is 1.15. The van der Waals surface area contributed by atoms with E-state index in [0.717, 1.165) is 6.26 Å². The van der Waals surface area contributed by atoms with Gasteiger partial charge in [-0.2, -0.15) is 0 Å². The normalized spacial score (nSPS) is 21.1. The molecule has 2 rings (SSSR count). The van der Waals surface area contributed by atoms with Gasteiger partial charge in [0.05, 0.1) is 16.8 Å². The van der Waals surface area contributed by atoms with Gasteiger partial charge in [0.15, 0.2) is 0 Å². The molecular formula is C17H24BrFN2O4S. The summed E-state index contributed by atoms with van der Waals surface area (Å²) >= 11 is 3.15. The van der Waals surface area contributed by atoms with Crippen molar-refractivity contribution in [3.8, 4) is 0 Å². The van der Waals surface area contributed by atoms with Gasteiger partial charge in [0.1, 0.15) is 11.4 Å². The Morgan fingerprint density at radius 1 is 1.42 bits per heavy atom. The molecule has 9 heteroatoms. The molecule has 1 N–H and O–H groups in total. The Morgan fingerprint density at radius 2 is 2.08 bits per heavy atom. The van der Waals surface area contributed by atoms with Crippen molar-refractivity contribution >= 4 is 32.0 Å². The number of sulfonamides is 1. The molecule has 146 valence electrons. The minimum absolute atomic E-state index is 0.178. The lowest BCUT2D eigenvalue weighted by Gasteiger charge is -2.31. The molecule has 1 fully saturated rings. The molecule has 1 aromatic rings. The summed E-state index contributed by atoms with van der Waals surface area (Å²) in [4.78, 5) is 14.0. The van der Waals surface area contributed by atoms with E-state index in [0.29, 0.717) is 23.0 Å². The van der Waals surface area contributed by atoms with Crippen LogP contribution < -0.4 is 4.72 Å². The topological polar surface area (TPSA) is 75.7 Å². The zero-order chi connectivity index (χ0) is 19.7. The highest BCUT2D eigenvalue weighted by Crippen LogP contribution is 2.27. The van der Waals surface area contributed by atoms with Crippen LogP contribution in [0.2, 0.25) is 0 Å². The second-order valence-electron chi connectivity index (χ2n) is 7.44. The van der Waals surface area contributed by atoms with Crippen molar-refractivity contribution in [2.24, 2.45) is 0 Å². The number of carbonyl (C=O) groups is 1. The first-order valence-electron chi connectivity index (χ1n) is 8.27. The number of carbonyl (C=O) groups excluding carboxylic acids is 1. The van der Waals surface area contributed by atoms with Gasteiger partial charge in [0.2, 0.25) is 10.0 Å². The fourth-order valence-corrected chi connectivity index (χ4v) is 4.23. The van der Waals surface area contributed by atoms with Gasteiger partial charge in [-0.05, 0) is 61.2 Å². The van der Waals surface area contributed by atoms with Crippen molar-refractivity contribution in [2.75, 3.05) is 12.8 Å². The average molecular weight is 451 g/mol. The fourth-order valence-electron chi connectivity index (χ4n) is 3.00. The Kier molecular flexibility index (Phi) is 6.35. The van der Waals surface area contributed by atoms with Crippen molar-refractivity contribution in [1.29, 1.82) is 0 Å². The van der Waals surface area contributed by atoms with Crippen LogP contribution in [0.25, 0.3) is 0 Å². The first-order valence-corrected chi connectivity index (χ1v) is 11.0. The predicted octanol–water partition coefficient (Wildman–Crippen LogP) is 3.06. The summed E-state index contributed by atoms with van der Waals surface area (Å²) in [5.41, 5.74) is -0.273. The first-order chi connectivity index (χ1) is 11.9. The number of amides is 1. The molecule has 1 amide bonds. The quantitative estimate of drug-likeness (QED) is 0.764. The second kappa shape index (κ2) is 7.82. The van der Waals surface area contributed by atoms with Crippen molar-refractivity contribution in [1.82, 2.24) is 9.62 Å². The van der Waals surface area contributed by atoms with Crippen molar-refractivity contribution < 1.29 is 22.3 Å². The van der Waals surface area contributed by atoms with E-state index in [1.807, 2.05) is 0 Å². The molecular weight excluding hydrogens is 427 g/mol. The summed E-state index contributed by atoms with van der Waals surface area (Å²) in [7, 11) is -3.47. The van der Waals surface area contributed by atoms with Gasteiger partial charge in [0, 0.05) is 12.6 Å². The van der Waals surface area contributed by atoms with E-state index in [9.17, 15) is 17.6 Å². The summed E-state index contributed by atoms with van der Waals surface area (Å²) in [6, 6.07) is 3.88. The van der Waals surface area contributed by atoms with Crippen molar-refractivity contribution in [3.05, 3.63) is 34.1 Å². The molecule has 2 atom stereocenters. The molecule has 1 aromatic carbocycles. The lowest BCUT2D eigenvalue weighted by atomic mass is 10.0. The van der Waals surface area contributed by atoms with Crippen LogP contribution in [0.5, 0.6) is 0 Å². The summed E-state index contributed by atoms with van der Waals surface area (Å²) in [6.45, 7) is 5.62. The fraction of sp³-hybridized carbons (Fsp3) is 0.588. The monoisotopic (exact) mass is 450 g/mol. The number of ether oxygens (including phenoxy) is 1. The summed E-state index contributed by atoms with van der Waals surface area (Å²) in [5, 5.41) is 0. The SMILES string of the molecule is CC(C)(C)OC(=O)N1CCC(NS(C)(=O)=O)C1Cc1cccc(Br)c1F. The number of halogens is 2. The van der Waals surface area contributed by atoms with Crippen molar-refractivity contribution in [2.45, 2.75) is 51.3 Å². The molecule has 0 spiro atoms. The van der Waals surface area contributed by atoms with Gasteiger partial charge < -0.3 is 9.64 Å². The van der Waals surface area contributed by atoms with Gasteiger partial charge in [0.25, 0.3) is 0 Å². The highest BCUT2D eigenvalue weighted by atomic mass is 79.9. The average Bonchev–Trinajstić information content (AvgIpc) is 2.83. The van der Waals surface area contributed by atoms with Crippen LogP contribution >= 0.6 is 15.9 Å². The molecule has 26 heavy (non-hydrogen) atoms. The number of rotatable bonds is 4. The van der Waals surface area contributed by atoms with Gasteiger partial charge in [-0.1, -0.05) is 12.1 Å². The molecule has 1 aliphatic heterocycles. The Morgan fingerprint density at radius 3 is 2.65 bits per heavy atom. The molecule has 0 aliphatic carbocycles. The lowest BCUT2D eigenvalue weighted by Crippen LogP contribution is -2.48. The second-order valence-corrected chi connectivity index (χ2v) is 10.1. The van der Waals surface area contributed by atoms with Crippen LogP contribution in [0, 0.1) is 5.82 Å². The Hall–Kier alpha value is -1.19. The van der Waals surface area contributed by atoms with Crippen LogP contribution in [0.3, 0.4) is 0 Å². The first kappa shape index (κ1) is 21.1. The van der Waals surface area contributed by atoms with E-state index < -0.39 is 39.6 Å². The molecule has 1 aliphatic rings. The molecule has 1 heterocycles. The molecule has 0 aromatic heterocycles. The summed E-state index contributed by atoms with van der Waals surface area (Å²) in [5.74, 6) is -0.415. The minimum Gasteiger partial charge on any atom is -0.444 e. The highest BCUT2D eigenvalue weighted by molar-refractivity contribution is 9.10. The molecule has 2 unspecified atom stereocenters. The van der Waals surface area contributed by atoms with E-state index in [1.54, 1.807) is 39.0 Å². The highest BCUT2D eigenvalue weighted by Gasteiger charge is 2.40. The summed E-state index contributed by atoms with van der Waals surface area (Å²) < 4.78 is 46.1. The molecule has 0 bridgehead atoms. The van der Waals surface area contributed by atoms with Gasteiger partial charge in [-0.25, -0.2) is 22.3 Å². The number of hydrogen-bond acceptors (Lipinski definition) is 4. The number of benzene rings is 1. The maximum Gasteiger partial charge on any atom is 0.410 e. The third-order valence-corrected chi connectivity index (χ3v) is 5.34. The smallest absolute Gasteiger partial charge is 0.410 e. The minimum atomic E-state index is -3.47. The zero-order valence-corrected chi connectivity index (χ0v) is 17.7. The largest absolute Gasteiger partial charge is 0.444 e.